The van der Waals surface area contributed by atoms with Gasteiger partial charge in [-0.1, -0.05) is 27.7 Å². The van der Waals surface area contributed by atoms with Crippen molar-refractivity contribution in [2.45, 2.75) is 46.1 Å². The molecule has 1 rings (SSSR count). The third-order valence-corrected chi connectivity index (χ3v) is 3.71. The van der Waals surface area contributed by atoms with E-state index < -0.39 is 5.60 Å². The second-order valence-electron chi connectivity index (χ2n) is 6.14. The summed E-state index contributed by atoms with van der Waals surface area (Å²) in [4.78, 5) is 11.9. The molecule has 1 heterocycles. The van der Waals surface area contributed by atoms with E-state index in [-0.39, 0.29) is 17.2 Å². The van der Waals surface area contributed by atoms with Gasteiger partial charge < -0.3 is 15.2 Å². The first-order valence-electron chi connectivity index (χ1n) is 6.32. The molecular formula is C13H25NO3. The van der Waals surface area contributed by atoms with Gasteiger partial charge in [-0.2, -0.15) is 0 Å². The predicted molar refractivity (Wildman–Crippen MR) is 66.6 cm³/mol. The SMILES string of the molecule is CC(C(=O)NCC1(O)CCOCC1)C(C)(C)C. The van der Waals surface area contributed by atoms with Crippen molar-refractivity contribution in [1.29, 1.82) is 0 Å². The number of hydrogen-bond donors (Lipinski definition) is 2. The highest BCUT2D eigenvalue weighted by molar-refractivity contribution is 5.79. The molecule has 0 aromatic heterocycles. The highest BCUT2D eigenvalue weighted by Gasteiger charge is 2.32. The Hall–Kier alpha value is -0.610. The van der Waals surface area contributed by atoms with E-state index in [9.17, 15) is 9.90 Å². The third-order valence-electron chi connectivity index (χ3n) is 3.71. The normalized spacial score (nSPS) is 21.9. The van der Waals surface area contributed by atoms with Crippen molar-refractivity contribution in [3.63, 3.8) is 0 Å². The minimum atomic E-state index is -0.786. The van der Waals surface area contributed by atoms with Crippen LogP contribution in [0, 0.1) is 11.3 Å². The molecule has 1 fully saturated rings. The van der Waals surface area contributed by atoms with Crippen LogP contribution in [0.2, 0.25) is 0 Å². The molecular weight excluding hydrogens is 218 g/mol. The van der Waals surface area contributed by atoms with Crippen molar-refractivity contribution in [2.24, 2.45) is 11.3 Å². The molecule has 4 heteroatoms. The van der Waals surface area contributed by atoms with Gasteiger partial charge in [0.05, 0.1) is 5.60 Å². The van der Waals surface area contributed by atoms with Crippen molar-refractivity contribution >= 4 is 5.91 Å². The number of amides is 1. The molecule has 17 heavy (non-hydrogen) atoms. The molecule has 1 saturated heterocycles. The molecule has 0 saturated carbocycles. The summed E-state index contributed by atoms with van der Waals surface area (Å²) in [6, 6.07) is 0. The van der Waals surface area contributed by atoms with E-state index in [1.165, 1.54) is 0 Å². The fourth-order valence-corrected chi connectivity index (χ4v) is 1.73. The van der Waals surface area contributed by atoms with E-state index in [1.54, 1.807) is 0 Å². The summed E-state index contributed by atoms with van der Waals surface area (Å²) in [6.07, 6.45) is 1.19. The fourth-order valence-electron chi connectivity index (χ4n) is 1.73. The second-order valence-corrected chi connectivity index (χ2v) is 6.14. The average Bonchev–Trinajstić information content (AvgIpc) is 2.25. The summed E-state index contributed by atoms with van der Waals surface area (Å²) in [5.74, 6) is -0.0524. The smallest absolute Gasteiger partial charge is 0.223 e. The van der Waals surface area contributed by atoms with Crippen molar-refractivity contribution in [1.82, 2.24) is 5.32 Å². The Bertz CT molecular complexity index is 264. The maximum atomic E-state index is 11.9. The van der Waals surface area contributed by atoms with Crippen LogP contribution in [0.5, 0.6) is 0 Å². The number of nitrogens with one attached hydrogen (secondary N) is 1. The number of carbonyl (C=O) groups is 1. The van der Waals surface area contributed by atoms with Gasteiger partial charge in [-0.3, -0.25) is 4.79 Å². The van der Waals surface area contributed by atoms with Gasteiger partial charge >= 0.3 is 0 Å². The quantitative estimate of drug-likeness (QED) is 0.786. The highest BCUT2D eigenvalue weighted by atomic mass is 16.5. The minimum absolute atomic E-state index is 0.0115. The van der Waals surface area contributed by atoms with Gasteiger partial charge in [0.2, 0.25) is 5.91 Å². The van der Waals surface area contributed by atoms with E-state index >= 15 is 0 Å². The Morgan fingerprint density at radius 2 is 1.94 bits per heavy atom. The van der Waals surface area contributed by atoms with Crippen LogP contribution in [0.4, 0.5) is 0 Å². The average molecular weight is 243 g/mol. The van der Waals surface area contributed by atoms with Crippen LogP contribution < -0.4 is 5.32 Å². The van der Waals surface area contributed by atoms with Crippen molar-refractivity contribution < 1.29 is 14.6 Å². The molecule has 2 N–H and O–H groups in total. The Balaban J connectivity index is 2.42. The van der Waals surface area contributed by atoms with Gasteiger partial charge in [-0.05, 0) is 5.41 Å². The molecule has 0 spiro atoms. The van der Waals surface area contributed by atoms with Gasteiger partial charge in [0.15, 0.2) is 0 Å². The molecule has 1 aliphatic rings. The summed E-state index contributed by atoms with van der Waals surface area (Å²) < 4.78 is 5.20. The minimum Gasteiger partial charge on any atom is -0.388 e. The van der Waals surface area contributed by atoms with Gasteiger partial charge in [-0.25, -0.2) is 0 Å². The largest absolute Gasteiger partial charge is 0.388 e. The number of hydrogen-bond acceptors (Lipinski definition) is 3. The summed E-state index contributed by atoms with van der Waals surface area (Å²) in [7, 11) is 0. The van der Waals surface area contributed by atoms with E-state index in [4.69, 9.17) is 4.74 Å². The Morgan fingerprint density at radius 1 is 1.41 bits per heavy atom. The lowest BCUT2D eigenvalue weighted by Crippen LogP contribution is -2.48. The Morgan fingerprint density at radius 3 is 2.41 bits per heavy atom. The zero-order valence-corrected chi connectivity index (χ0v) is 11.4. The first kappa shape index (κ1) is 14.5. The maximum absolute atomic E-state index is 11.9. The molecule has 0 aliphatic carbocycles. The Labute approximate surface area is 104 Å². The first-order chi connectivity index (χ1) is 7.75. The van der Waals surface area contributed by atoms with Crippen LogP contribution in [0.3, 0.4) is 0 Å². The number of aliphatic hydroxyl groups is 1. The summed E-state index contributed by atoms with van der Waals surface area (Å²) in [5.41, 5.74) is -0.839. The van der Waals surface area contributed by atoms with E-state index in [1.807, 2.05) is 27.7 Å². The van der Waals surface area contributed by atoms with E-state index in [0.717, 1.165) is 0 Å². The van der Waals surface area contributed by atoms with Crippen molar-refractivity contribution in [3.8, 4) is 0 Å². The lowest BCUT2D eigenvalue weighted by atomic mass is 9.81. The van der Waals surface area contributed by atoms with E-state index in [0.29, 0.717) is 32.6 Å². The molecule has 4 nitrogen and oxygen atoms in total. The van der Waals surface area contributed by atoms with Gasteiger partial charge in [-0.15, -0.1) is 0 Å². The summed E-state index contributed by atoms with van der Waals surface area (Å²) >= 11 is 0. The Kier molecular flexibility index (Phi) is 4.55. The summed E-state index contributed by atoms with van der Waals surface area (Å²) in [6.45, 7) is 9.52. The molecule has 1 amide bonds. The van der Waals surface area contributed by atoms with Crippen LogP contribution in [-0.4, -0.2) is 36.4 Å². The molecule has 1 aliphatic heterocycles. The van der Waals surface area contributed by atoms with Crippen LogP contribution in [0.15, 0.2) is 0 Å². The molecule has 1 unspecified atom stereocenters. The van der Waals surface area contributed by atoms with E-state index in [2.05, 4.69) is 5.32 Å². The van der Waals surface area contributed by atoms with Crippen molar-refractivity contribution in [3.05, 3.63) is 0 Å². The standard InChI is InChI=1S/C13H25NO3/c1-10(12(2,3)4)11(15)14-9-13(16)5-7-17-8-6-13/h10,16H,5-9H2,1-4H3,(H,14,15). The maximum Gasteiger partial charge on any atom is 0.223 e. The molecule has 0 aromatic rings. The number of carbonyl (C=O) groups excluding carboxylic acids is 1. The van der Waals surface area contributed by atoms with Gasteiger partial charge in [0.25, 0.3) is 0 Å². The highest BCUT2D eigenvalue weighted by Crippen LogP contribution is 2.26. The van der Waals surface area contributed by atoms with Gasteiger partial charge in [0, 0.05) is 38.5 Å². The monoisotopic (exact) mass is 243 g/mol. The third kappa shape index (κ3) is 4.28. The topological polar surface area (TPSA) is 58.6 Å². The van der Waals surface area contributed by atoms with Crippen LogP contribution >= 0.6 is 0 Å². The zero-order valence-electron chi connectivity index (χ0n) is 11.4. The molecule has 0 radical (unpaired) electrons. The predicted octanol–water partition coefficient (Wildman–Crippen LogP) is 1.33. The fraction of sp³-hybridized carbons (Fsp3) is 0.923. The van der Waals surface area contributed by atoms with Crippen molar-refractivity contribution in [2.75, 3.05) is 19.8 Å². The molecule has 1 atom stereocenters. The number of rotatable bonds is 3. The molecule has 0 aromatic carbocycles. The summed E-state index contributed by atoms with van der Waals surface area (Å²) in [5, 5.41) is 13.1. The van der Waals surface area contributed by atoms with Gasteiger partial charge in [0.1, 0.15) is 0 Å². The molecule has 100 valence electrons. The van der Waals surface area contributed by atoms with Crippen LogP contribution in [0.1, 0.15) is 40.5 Å². The van der Waals surface area contributed by atoms with Crippen LogP contribution in [-0.2, 0) is 9.53 Å². The number of ether oxygens (including phenoxy) is 1. The lowest BCUT2D eigenvalue weighted by molar-refractivity contribution is -0.130. The second kappa shape index (κ2) is 5.36. The molecule has 0 bridgehead atoms. The first-order valence-corrected chi connectivity index (χ1v) is 6.32. The lowest BCUT2D eigenvalue weighted by Gasteiger charge is -2.33. The zero-order chi connectivity index (χ0) is 13.1. The van der Waals surface area contributed by atoms with Crippen LogP contribution in [0.25, 0.3) is 0 Å².